The van der Waals surface area contributed by atoms with Crippen molar-refractivity contribution in [2.75, 3.05) is 33.0 Å². The maximum Gasteiger partial charge on any atom is 0.472 e. The monoisotopic (exact) mass is 862 g/mol. The number of ether oxygens (including phenoxy) is 2. The van der Waals surface area contributed by atoms with Crippen LogP contribution in [0.2, 0.25) is 0 Å². The third-order valence-corrected chi connectivity index (χ3v) is 11.1. The Bertz CT molecular complexity index is 1150. The van der Waals surface area contributed by atoms with Crippen LogP contribution in [-0.4, -0.2) is 49.9 Å². The summed E-state index contributed by atoms with van der Waals surface area (Å²) in [5, 5.41) is 0. The van der Waals surface area contributed by atoms with Crippen LogP contribution in [0.15, 0.2) is 72.9 Å². The summed E-state index contributed by atoms with van der Waals surface area (Å²) in [4.78, 5) is 22.6. The molecule has 0 saturated heterocycles. The number of rotatable bonds is 46. The first-order valence-electron chi connectivity index (χ1n) is 24.4. The number of phosphoric acid groups is 1. The highest BCUT2D eigenvalue weighted by molar-refractivity contribution is 7.47. The van der Waals surface area contributed by atoms with Crippen molar-refractivity contribution in [2.45, 2.75) is 213 Å². The van der Waals surface area contributed by atoms with E-state index in [1.165, 1.54) is 103 Å². The molecule has 0 aromatic rings. The van der Waals surface area contributed by atoms with Gasteiger partial charge in [0.15, 0.2) is 0 Å². The van der Waals surface area contributed by atoms with Crippen LogP contribution in [0.25, 0.3) is 0 Å². The lowest BCUT2D eigenvalue weighted by Crippen LogP contribution is -2.28. The first kappa shape index (κ1) is 57.9. The molecule has 0 spiro atoms. The van der Waals surface area contributed by atoms with Crippen molar-refractivity contribution in [2.24, 2.45) is 5.73 Å². The normalized spacial score (nSPS) is 14.0. The summed E-state index contributed by atoms with van der Waals surface area (Å²) in [7, 11) is -4.29. The molecule has 0 aromatic heterocycles. The molecule has 3 N–H and O–H groups in total. The van der Waals surface area contributed by atoms with E-state index in [-0.39, 0.29) is 32.3 Å². The molecule has 0 aromatic carbocycles. The van der Waals surface area contributed by atoms with E-state index in [4.69, 9.17) is 24.3 Å². The summed E-state index contributed by atoms with van der Waals surface area (Å²) in [5.74, 6) is -0.350. The number of allylic oxidation sites excluding steroid dienone is 12. The summed E-state index contributed by atoms with van der Waals surface area (Å²) in [6, 6.07) is 0. The van der Waals surface area contributed by atoms with Crippen LogP contribution in [0.4, 0.5) is 0 Å². The molecule has 0 saturated carbocycles. The number of hydrogen-bond acceptors (Lipinski definition) is 7. The highest BCUT2D eigenvalue weighted by atomic mass is 31.2. The molecule has 2 atom stereocenters. The van der Waals surface area contributed by atoms with E-state index < -0.39 is 13.9 Å². The quantitative estimate of drug-likeness (QED) is 0.0269. The molecule has 0 aliphatic rings. The van der Waals surface area contributed by atoms with Gasteiger partial charge < -0.3 is 20.1 Å². The number of esters is 1. The third-order valence-electron chi connectivity index (χ3n) is 10.1. The van der Waals surface area contributed by atoms with Gasteiger partial charge in [0.2, 0.25) is 0 Å². The molecule has 0 rings (SSSR count). The molecular weight excluding hydrogens is 770 g/mol. The molecular formula is C51H92NO7P. The predicted molar refractivity (Wildman–Crippen MR) is 256 cm³/mol. The van der Waals surface area contributed by atoms with Crippen LogP contribution in [0.5, 0.6) is 0 Å². The molecule has 2 unspecified atom stereocenters. The Balaban J connectivity index is 4.03. The number of nitrogens with two attached hydrogens (primary N) is 1. The van der Waals surface area contributed by atoms with Gasteiger partial charge in [0.25, 0.3) is 0 Å². The van der Waals surface area contributed by atoms with Gasteiger partial charge in [-0.3, -0.25) is 13.8 Å². The smallest absolute Gasteiger partial charge is 0.457 e. The van der Waals surface area contributed by atoms with Gasteiger partial charge >= 0.3 is 13.8 Å². The topological polar surface area (TPSA) is 117 Å². The molecule has 8 nitrogen and oxygen atoms in total. The van der Waals surface area contributed by atoms with E-state index in [1.807, 2.05) is 0 Å². The highest BCUT2D eigenvalue weighted by Crippen LogP contribution is 2.43. The largest absolute Gasteiger partial charge is 0.472 e. The molecule has 348 valence electrons. The van der Waals surface area contributed by atoms with Gasteiger partial charge in [0, 0.05) is 19.6 Å². The van der Waals surface area contributed by atoms with Crippen molar-refractivity contribution in [1.29, 1.82) is 0 Å². The van der Waals surface area contributed by atoms with Crippen LogP contribution >= 0.6 is 7.82 Å². The zero-order chi connectivity index (χ0) is 43.7. The van der Waals surface area contributed by atoms with E-state index in [0.29, 0.717) is 13.0 Å². The third kappa shape index (κ3) is 47.0. The van der Waals surface area contributed by atoms with Gasteiger partial charge in [-0.1, -0.05) is 189 Å². The van der Waals surface area contributed by atoms with Gasteiger partial charge in [-0.15, -0.1) is 0 Å². The average molecular weight is 862 g/mol. The van der Waals surface area contributed by atoms with Gasteiger partial charge in [0.1, 0.15) is 6.10 Å². The number of phosphoric ester groups is 1. The lowest BCUT2D eigenvalue weighted by Gasteiger charge is -2.20. The number of unbranched alkanes of at least 4 members (excludes halogenated alkanes) is 21. The number of carbonyl (C=O) groups is 1. The summed E-state index contributed by atoms with van der Waals surface area (Å²) < 4.78 is 33.5. The molecule has 9 heteroatoms. The Labute approximate surface area is 369 Å². The van der Waals surface area contributed by atoms with Crippen molar-refractivity contribution in [3.8, 4) is 0 Å². The van der Waals surface area contributed by atoms with Crippen LogP contribution in [0.1, 0.15) is 206 Å². The first-order valence-corrected chi connectivity index (χ1v) is 25.9. The fraction of sp³-hybridized carbons (Fsp3) is 0.745. The minimum absolute atomic E-state index is 0.0936. The first-order chi connectivity index (χ1) is 29.4. The Morgan fingerprint density at radius 3 is 1.42 bits per heavy atom. The van der Waals surface area contributed by atoms with Crippen LogP contribution in [-0.2, 0) is 27.9 Å². The standard InChI is InChI=1S/C51H92NO7P/c1-3-5-7-9-11-13-15-17-19-21-23-25-26-28-30-32-34-36-38-40-42-44-51(53)59-50(49-58-60(54,55)57-47-45-52)48-56-46-43-41-39-37-35-33-31-29-27-24-22-20-18-16-14-12-10-8-6-4-2/h5,7,11,13,17-20,23,25,28,30,50H,3-4,6,8-10,12,14-16,21-22,24,26-27,29,31-49,52H2,1-2H3,(H,54,55)/b7-5-,13-11-,19-17-,20-18-,25-23-,30-28-. The van der Waals surface area contributed by atoms with Gasteiger partial charge in [-0.25, -0.2) is 4.57 Å². The summed E-state index contributed by atoms with van der Waals surface area (Å²) in [6.45, 7) is 4.78. The second kappa shape index (κ2) is 48.0. The number of carbonyl (C=O) groups excluding carboxylic acids is 1. The highest BCUT2D eigenvalue weighted by Gasteiger charge is 2.25. The maximum atomic E-state index is 12.6. The predicted octanol–water partition coefficient (Wildman–Crippen LogP) is 15.1. The maximum absolute atomic E-state index is 12.6. The fourth-order valence-electron chi connectivity index (χ4n) is 6.55. The van der Waals surface area contributed by atoms with Crippen LogP contribution in [0.3, 0.4) is 0 Å². The minimum atomic E-state index is -4.29. The molecule has 60 heavy (non-hydrogen) atoms. The van der Waals surface area contributed by atoms with Crippen molar-refractivity contribution < 1.29 is 32.8 Å². The summed E-state index contributed by atoms with van der Waals surface area (Å²) in [6.07, 6.45) is 60.7. The van der Waals surface area contributed by atoms with E-state index in [1.54, 1.807) is 0 Å². The Hall–Kier alpha value is -2.06. The second-order valence-corrected chi connectivity index (χ2v) is 17.4. The summed E-state index contributed by atoms with van der Waals surface area (Å²) >= 11 is 0. The Kier molecular flexibility index (Phi) is 46.3. The second-order valence-electron chi connectivity index (χ2n) is 15.9. The van der Waals surface area contributed by atoms with Gasteiger partial charge in [-0.2, -0.15) is 0 Å². The molecule has 0 aliphatic carbocycles. The number of hydrogen-bond donors (Lipinski definition) is 2. The zero-order valence-electron chi connectivity index (χ0n) is 38.7. The Morgan fingerprint density at radius 1 is 0.517 bits per heavy atom. The van der Waals surface area contributed by atoms with E-state index in [0.717, 1.165) is 83.5 Å². The van der Waals surface area contributed by atoms with Crippen LogP contribution in [0, 0.1) is 0 Å². The van der Waals surface area contributed by atoms with E-state index in [9.17, 15) is 14.3 Å². The van der Waals surface area contributed by atoms with Gasteiger partial charge in [0.05, 0.1) is 19.8 Å². The minimum Gasteiger partial charge on any atom is -0.457 e. The van der Waals surface area contributed by atoms with E-state index >= 15 is 0 Å². The lowest BCUT2D eigenvalue weighted by molar-refractivity contribution is -0.154. The lowest BCUT2D eigenvalue weighted by atomic mass is 10.1. The summed E-state index contributed by atoms with van der Waals surface area (Å²) in [5.41, 5.74) is 5.38. The van der Waals surface area contributed by atoms with Crippen molar-refractivity contribution in [1.82, 2.24) is 0 Å². The fourth-order valence-corrected chi connectivity index (χ4v) is 7.31. The molecule has 0 amide bonds. The Morgan fingerprint density at radius 2 is 0.933 bits per heavy atom. The van der Waals surface area contributed by atoms with Crippen LogP contribution < -0.4 is 5.73 Å². The molecule has 0 bridgehead atoms. The van der Waals surface area contributed by atoms with Crippen molar-refractivity contribution >= 4 is 13.8 Å². The van der Waals surface area contributed by atoms with Crippen molar-refractivity contribution in [3.63, 3.8) is 0 Å². The van der Waals surface area contributed by atoms with E-state index in [2.05, 4.69) is 86.8 Å². The van der Waals surface area contributed by atoms with Crippen molar-refractivity contribution in [3.05, 3.63) is 72.9 Å². The molecule has 0 fully saturated rings. The molecule has 0 aliphatic heterocycles. The zero-order valence-corrected chi connectivity index (χ0v) is 39.6. The SMILES string of the molecule is CC/C=C\C/C=C\C/C=C\C/C=C\C/C=C\CCCCCCCC(=O)OC(COCCCCCCCCCCCC/C=C\CCCCCCCC)COP(=O)(O)OCCN. The average Bonchev–Trinajstić information content (AvgIpc) is 3.24. The van der Waals surface area contributed by atoms with Gasteiger partial charge in [-0.05, 0) is 83.5 Å². The molecule has 0 heterocycles. The molecule has 0 radical (unpaired) electrons.